The van der Waals surface area contributed by atoms with Crippen molar-refractivity contribution in [2.24, 2.45) is 4.99 Å². The first kappa shape index (κ1) is 22.1. The van der Waals surface area contributed by atoms with Gasteiger partial charge in [0, 0.05) is 11.1 Å². The van der Waals surface area contributed by atoms with Crippen molar-refractivity contribution in [1.29, 1.82) is 0 Å². The van der Waals surface area contributed by atoms with Crippen LogP contribution in [0.2, 0.25) is 0 Å². The molecule has 32 heavy (non-hydrogen) atoms. The average Bonchev–Trinajstić information content (AvgIpc) is 2.72. The first-order valence-electron chi connectivity index (χ1n) is 9.87. The molecule has 2 aromatic carbocycles. The Bertz CT molecular complexity index is 1200. The summed E-state index contributed by atoms with van der Waals surface area (Å²) in [6, 6.07) is 11.2. The Kier molecular flexibility index (Phi) is 4.80. The molecule has 2 N–H and O–H groups in total. The van der Waals surface area contributed by atoms with Crippen LogP contribution in [0.4, 0.5) is 18.9 Å². The third-order valence-electron chi connectivity index (χ3n) is 5.70. The van der Waals surface area contributed by atoms with Crippen LogP contribution >= 0.6 is 0 Å². The van der Waals surface area contributed by atoms with Crippen molar-refractivity contribution in [1.82, 2.24) is 0 Å². The maximum absolute atomic E-state index is 15.6. The van der Waals surface area contributed by atoms with Crippen LogP contribution in [0, 0.1) is 0 Å². The maximum Gasteiger partial charge on any atom is 0.280 e. The monoisotopic (exact) mass is 443 g/mol. The molecule has 0 aromatic heterocycles. The Morgan fingerprint density at radius 3 is 1.88 bits per heavy atom. The highest BCUT2D eigenvalue weighted by Gasteiger charge is 2.64. The zero-order valence-corrected chi connectivity index (χ0v) is 17.5. The molecule has 0 saturated heterocycles. The summed E-state index contributed by atoms with van der Waals surface area (Å²) >= 11 is 0. The van der Waals surface area contributed by atoms with Gasteiger partial charge in [-0.3, -0.25) is 9.59 Å². The molecule has 3 unspecified atom stereocenters. The highest BCUT2D eigenvalue weighted by Crippen LogP contribution is 2.47. The van der Waals surface area contributed by atoms with Crippen molar-refractivity contribution >= 4 is 23.0 Å². The molecule has 0 heterocycles. The molecule has 0 amide bonds. The van der Waals surface area contributed by atoms with Gasteiger partial charge in [0.2, 0.25) is 6.17 Å². The zero-order chi connectivity index (χ0) is 23.6. The summed E-state index contributed by atoms with van der Waals surface area (Å²) in [6.45, 7) is 5.86. The smallest absolute Gasteiger partial charge is 0.280 e. The van der Waals surface area contributed by atoms with Crippen molar-refractivity contribution < 1.29 is 33.0 Å². The van der Waals surface area contributed by atoms with Gasteiger partial charge in [-0.1, -0.05) is 57.2 Å². The van der Waals surface area contributed by atoms with Crippen LogP contribution in [-0.2, 0) is 5.41 Å². The third kappa shape index (κ3) is 3.13. The molecule has 0 saturated carbocycles. The number of halogens is 3. The number of hydrogen-bond acceptors (Lipinski definition) is 5. The van der Waals surface area contributed by atoms with Gasteiger partial charge in [-0.15, -0.1) is 0 Å². The van der Waals surface area contributed by atoms with Crippen LogP contribution in [0.3, 0.4) is 0 Å². The molecule has 0 spiro atoms. The fraction of sp³-hybridized carbons (Fsp3) is 0.292. The van der Waals surface area contributed by atoms with E-state index in [4.69, 9.17) is 0 Å². The van der Waals surface area contributed by atoms with Crippen molar-refractivity contribution in [3.05, 3.63) is 76.4 Å². The van der Waals surface area contributed by atoms with E-state index in [0.717, 1.165) is 5.56 Å². The molecule has 5 nitrogen and oxygen atoms in total. The Morgan fingerprint density at radius 1 is 0.875 bits per heavy atom. The summed E-state index contributed by atoms with van der Waals surface area (Å²) < 4.78 is 45.9. The second-order valence-electron chi connectivity index (χ2n) is 8.91. The number of hydrogen-bond donors (Lipinski definition) is 2. The van der Waals surface area contributed by atoms with Gasteiger partial charge in [0.05, 0.1) is 16.8 Å². The fourth-order valence-electron chi connectivity index (χ4n) is 3.94. The molecule has 0 radical (unpaired) electrons. The molecular weight excluding hydrogens is 423 g/mol. The summed E-state index contributed by atoms with van der Waals surface area (Å²) in [5.41, 5.74) is -4.28. The number of rotatable bonds is 1. The molecule has 0 bridgehead atoms. The number of nitrogens with zero attached hydrogens (tertiary/aromatic N) is 1. The van der Waals surface area contributed by atoms with E-state index in [1.54, 1.807) is 12.1 Å². The number of ketones is 2. The van der Waals surface area contributed by atoms with E-state index in [1.165, 1.54) is 36.4 Å². The van der Waals surface area contributed by atoms with Crippen molar-refractivity contribution in [2.75, 3.05) is 0 Å². The number of alkyl halides is 3. The van der Waals surface area contributed by atoms with E-state index >= 15 is 13.2 Å². The number of aliphatic hydroxyl groups is 2. The van der Waals surface area contributed by atoms with E-state index in [-0.39, 0.29) is 22.2 Å². The summed E-state index contributed by atoms with van der Waals surface area (Å²) in [5.74, 6) is -10.5. The quantitative estimate of drug-likeness (QED) is 0.695. The molecular formula is C24H20F3NO4. The van der Waals surface area contributed by atoms with Gasteiger partial charge in [0.15, 0.2) is 11.6 Å². The van der Waals surface area contributed by atoms with Crippen LogP contribution in [0.15, 0.2) is 64.7 Å². The lowest BCUT2D eigenvalue weighted by Crippen LogP contribution is -2.60. The summed E-state index contributed by atoms with van der Waals surface area (Å²) in [6.07, 6.45) is -3.24. The number of Topliss-reactive ketones (excluding diaryl/α,β-unsaturated/α-hetero) is 2. The third-order valence-corrected chi connectivity index (χ3v) is 5.70. The van der Waals surface area contributed by atoms with Crippen LogP contribution in [0.25, 0.3) is 0 Å². The molecule has 0 aliphatic heterocycles. The molecule has 4 rings (SSSR count). The lowest BCUT2D eigenvalue weighted by molar-refractivity contribution is -0.108. The van der Waals surface area contributed by atoms with E-state index < -0.39 is 46.3 Å². The van der Waals surface area contributed by atoms with E-state index in [2.05, 4.69) is 4.99 Å². The Labute approximate surface area is 181 Å². The first-order chi connectivity index (χ1) is 14.8. The predicted octanol–water partition coefficient (Wildman–Crippen LogP) is 4.10. The molecule has 3 atom stereocenters. The average molecular weight is 443 g/mol. The molecule has 2 aliphatic rings. The first-order valence-corrected chi connectivity index (χ1v) is 9.87. The van der Waals surface area contributed by atoms with Gasteiger partial charge in [0.25, 0.3) is 11.7 Å². The minimum absolute atomic E-state index is 0.0402. The van der Waals surface area contributed by atoms with E-state index in [0.29, 0.717) is 0 Å². The van der Waals surface area contributed by atoms with Gasteiger partial charge in [-0.2, -0.15) is 4.39 Å². The fourth-order valence-corrected chi connectivity index (χ4v) is 3.94. The van der Waals surface area contributed by atoms with E-state index in [9.17, 15) is 19.8 Å². The summed E-state index contributed by atoms with van der Waals surface area (Å²) in [4.78, 5) is 29.3. The van der Waals surface area contributed by atoms with Crippen LogP contribution in [0.5, 0.6) is 0 Å². The number of carbonyl (C=O) groups is 2. The molecule has 8 heteroatoms. The standard InChI is InChI=1S/C24H20F3NO4/c1-22(2,3)12-8-10-13(11-9-12)28-21-20(25)23(26,31)16-17(24(21,27)32)19(30)15-7-5-4-6-14(15)18(16)29/h4-11,20,31-32H,1-3H3. The molecule has 166 valence electrons. The van der Waals surface area contributed by atoms with Crippen molar-refractivity contribution in [3.63, 3.8) is 0 Å². The second kappa shape index (κ2) is 6.95. The maximum atomic E-state index is 15.6. The largest absolute Gasteiger partial charge is 0.355 e. The normalized spacial score (nSPS) is 29.2. The SMILES string of the molecule is CC(C)(C)c1ccc(N=C2C(F)C(O)(F)C3=C(C(=O)c4ccccc4C3=O)C2(O)F)cc1. The van der Waals surface area contributed by atoms with Gasteiger partial charge in [-0.25, -0.2) is 13.8 Å². The zero-order valence-electron chi connectivity index (χ0n) is 17.5. The van der Waals surface area contributed by atoms with Crippen molar-refractivity contribution in [2.45, 2.75) is 44.1 Å². The Balaban J connectivity index is 1.90. The van der Waals surface area contributed by atoms with Gasteiger partial charge in [-0.05, 0) is 23.1 Å². The lowest BCUT2D eigenvalue weighted by Gasteiger charge is -2.40. The number of fused-ring (bicyclic) bond motifs is 1. The van der Waals surface area contributed by atoms with Gasteiger partial charge in [0.1, 0.15) is 5.71 Å². The second-order valence-corrected chi connectivity index (χ2v) is 8.91. The highest BCUT2D eigenvalue weighted by atomic mass is 19.2. The topological polar surface area (TPSA) is 87.0 Å². The number of aliphatic imine (C=N–C) groups is 1. The summed E-state index contributed by atoms with van der Waals surface area (Å²) in [5, 5.41) is 20.8. The molecule has 0 fully saturated rings. The Morgan fingerprint density at radius 2 is 1.38 bits per heavy atom. The van der Waals surface area contributed by atoms with Crippen LogP contribution in [0.1, 0.15) is 47.1 Å². The summed E-state index contributed by atoms with van der Waals surface area (Å²) in [7, 11) is 0. The lowest BCUT2D eigenvalue weighted by atomic mass is 9.71. The van der Waals surface area contributed by atoms with Gasteiger partial charge >= 0.3 is 0 Å². The Hall–Kier alpha value is -3.10. The minimum atomic E-state index is -4.07. The van der Waals surface area contributed by atoms with Crippen LogP contribution < -0.4 is 0 Å². The van der Waals surface area contributed by atoms with Crippen LogP contribution in [-0.4, -0.2) is 45.4 Å². The van der Waals surface area contributed by atoms with E-state index in [1.807, 2.05) is 20.8 Å². The molecule has 2 aliphatic carbocycles. The molecule has 2 aromatic rings. The van der Waals surface area contributed by atoms with Crippen molar-refractivity contribution in [3.8, 4) is 0 Å². The minimum Gasteiger partial charge on any atom is -0.355 e. The number of benzene rings is 2. The highest BCUT2D eigenvalue weighted by molar-refractivity contribution is 6.31. The number of carbonyl (C=O) groups excluding carboxylic acids is 2. The predicted molar refractivity (Wildman–Crippen MR) is 111 cm³/mol. The van der Waals surface area contributed by atoms with Gasteiger partial charge < -0.3 is 10.2 Å².